The third-order valence-electron chi connectivity index (χ3n) is 5.75. The Kier molecular flexibility index (Phi) is 7.20. The van der Waals surface area contributed by atoms with Gasteiger partial charge in [0.05, 0.1) is 12.7 Å². The van der Waals surface area contributed by atoms with Crippen molar-refractivity contribution in [2.45, 2.75) is 57.2 Å². The molecule has 0 bridgehead atoms. The molecule has 1 aromatic carbocycles. The summed E-state index contributed by atoms with van der Waals surface area (Å²) in [5.41, 5.74) is 0.976. The largest absolute Gasteiger partial charge is 0.467 e. The maximum Gasteiger partial charge on any atom is 0.250 e. The highest BCUT2D eigenvalue weighted by atomic mass is 32.1. The second-order valence-electron chi connectivity index (χ2n) is 8.02. The van der Waals surface area contributed by atoms with Gasteiger partial charge in [0, 0.05) is 17.5 Å². The number of carbonyl (C=O) groups excluding carboxylic acids is 2. The van der Waals surface area contributed by atoms with Gasteiger partial charge in [0.15, 0.2) is 6.04 Å². The number of rotatable bonds is 8. The minimum atomic E-state index is -0.801. The molecule has 0 spiro atoms. The lowest BCUT2D eigenvalue weighted by molar-refractivity contribution is -0.142. The molecule has 1 saturated carbocycles. The van der Waals surface area contributed by atoms with E-state index in [0.29, 0.717) is 12.3 Å². The van der Waals surface area contributed by atoms with Crippen LogP contribution in [0.5, 0.6) is 0 Å². The molecule has 1 aliphatic carbocycles. The van der Waals surface area contributed by atoms with Crippen molar-refractivity contribution in [3.05, 3.63) is 82.4 Å². The Morgan fingerprint density at radius 1 is 1.03 bits per heavy atom. The molecule has 2 amide bonds. The number of amides is 2. The van der Waals surface area contributed by atoms with Gasteiger partial charge in [-0.1, -0.05) is 55.7 Å². The first-order valence-corrected chi connectivity index (χ1v) is 11.8. The molecule has 0 aliphatic heterocycles. The molecule has 2 aromatic heterocycles. The molecule has 0 unspecified atom stereocenters. The minimum absolute atomic E-state index is 0.0912. The van der Waals surface area contributed by atoms with Gasteiger partial charge >= 0.3 is 0 Å². The molecule has 3 aromatic rings. The number of hydrogen-bond acceptors (Lipinski definition) is 4. The SMILES string of the molecule is O=C(NC1CCCCC1)[C@H](c1ccco1)N(Cc1ccccc1)C(=O)Cc1cccs1. The highest BCUT2D eigenvalue weighted by Gasteiger charge is 2.35. The van der Waals surface area contributed by atoms with E-state index >= 15 is 0 Å². The van der Waals surface area contributed by atoms with Crippen LogP contribution in [0.25, 0.3) is 0 Å². The predicted octanol–water partition coefficient (Wildman–Crippen LogP) is 5.10. The van der Waals surface area contributed by atoms with Crippen LogP contribution in [-0.4, -0.2) is 22.8 Å². The third kappa shape index (κ3) is 5.64. The Hall–Kier alpha value is -2.86. The summed E-state index contributed by atoms with van der Waals surface area (Å²) in [4.78, 5) is 29.6. The number of furan rings is 1. The Morgan fingerprint density at radius 2 is 1.84 bits per heavy atom. The molecule has 1 atom stereocenters. The molecule has 1 N–H and O–H groups in total. The lowest BCUT2D eigenvalue weighted by Crippen LogP contribution is -2.47. The minimum Gasteiger partial charge on any atom is -0.467 e. The van der Waals surface area contributed by atoms with E-state index in [-0.39, 0.29) is 24.3 Å². The Bertz CT molecular complexity index is 948. The van der Waals surface area contributed by atoms with Crippen molar-refractivity contribution in [2.24, 2.45) is 0 Å². The van der Waals surface area contributed by atoms with Crippen LogP contribution in [0, 0.1) is 0 Å². The summed E-state index contributed by atoms with van der Waals surface area (Å²) in [5, 5.41) is 5.16. The second-order valence-corrected chi connectivity index (χ2v) is 9.06. The fourth-order valence-corrected chi connectivity index (χ4v) is 4.86. The summed E-state index contributed by atoms with van der Waals surface area (Å²) >= 11 is 1.55. The van der Waals surface area contributed by atoms with E-state index in [1.807, 2.05) is 47.8 Å². The van der Waals surface area contributed by atoms with Crippen molar-refractivity contribution in [3.63, 3.8) is 0 Å². The normalized spacial score (nSPS) is 15.4. The van der Waals surface area contributed by atoms with E-state index in [9.17, 15) is 9.59 Å². The van der Waals surface area contributed by atoms with E-state index in [1.165, 1.54) is 6.42 Å². The smallest absolute Gasteiger partial charge is 0.250 e. The number of carbonyl (C=O) groups is 2. The van der Waals surface area contributed by atoms with Crippen LogP contribution in [0.3, 0.4) is 0 Å². The lowest BCUT2D eigenvalue weighted by Gasteiger charge is -2.32. The average Bonchev–Trinajstić information content (AvgIpc) is 3.49. The van der Waals surface area contributed by atoms with Crippen LogP contribution in [0.4, 0.5) is 0 Å². The van der Waals surface area contributed by atoms with Crippen molar-refractivity contribution in [2.75, 3.05) is 0 Å². The molecular weight excluding hydrogens is 408 g/mol. The molecule has 6 heteroatoms. The second kappa shape index (κ2) is 10.4. The van der Waals surface area contributed by atoms with Crippen molar-refractivity contribution in [1.29, 1.82) is 0 Å². The van der Waals surface area contributed by atoms with Crippen molar-refractivity contribution < 1.29 is 14.0 Å². The summed E-state index contributed by atoms with van der Waals surface area (Å²) in [7, 11) is 0. The lowest BCUT2D eigenvalue weighted by atomic mass is 9.95. The van der Waals surface area contributed by atoms with Crippen molar-refractivity contribution in [1.82, 2.24) is 10.2 Å². The Morgan fingerprint density at radius 3 is 2.52 bits per heavy atom. The molecule has 2 heterocycles. The third-order valence-corrected chi connectivity index (χ3v) is 6.62. The summed E-state index contributed by atoms with van der Waals surface area (Å²) in [6.45, 7) is 0.342. The first-order chi connectivity index (χ1) is 15.2. The zero-order valence-electron chi connectivity index (χ0n) is 17.5. The fraction of sp³-hybridized carbons (Fsp3) is 0.360. The summed E-state index contributed by atoms with van der Waals surface area (Å²) in [6.07, 6.45) is 7.26. The van der Waals surface area contributed by atoms with Gasteiger partial charge in [-0.2, -0.15) is 0 Å². The Balaban J connectivity index is 1.62. The van der Waals surface area contributed by atoms with Gasteiger partial charge in [0.25, 0.3) is 5.91 Å². The van der Waals surface area contributed by atoms with Crippen LogP contribution >= 0.6 is 11.3 Å². The molecule has 1 fully saturated rings. The Labute approximate surface area is 187 Å². The van der Waals surface area contributed by atoms with Gasteiger partial charge in [0.2, 0.25) is 5.91 Å². The average molecular weight is 437 g/mol. The van der Waals surface area contributed by atoms with Gasteiger partial charge in [-0.15, -0.1) is 11.3 Å². The van der Waals surface area contributed by atoms with Crippen molar-refractivity contribution >= 4 is 23.2 Å². The van der Waals surface area contributed by atoms with Gasteiger partial charge in [-0.25, -0.2) is 0 Å². The number of hydrogen-bond donors (Lipinski definition) is 1. The highest BCUT2D eigenvalue weighted by molar-refractivity contribution is 7.10. The maximum absolute atomic E-state index is 13.5. The van der Waals surface area contributed by atoms with Gasteiger partial charge in [0.1, 0.15) is 5.76 Å². The van der Waals surface area contributed by atoms with Crippen LogP contribution in [0.15, 0.2) is 70.7 Å². The van der Waals surface area contributed by atoms with Crippen molar-refractivity contribution in [3.8, 4) is 0 Å². The molecular formula is C25H28N2O3S. The van der Waals surface area contributed by atoms with Gasteiger partial charge in [-0.3, -0.25) is 9.59 Å². The van der Waals surface area contributed by atoms with E-state index in [2.05, 4.69) is 5.32 Å². The maximum atomic E-state index is 13.5. The highest BCUT2D eigenvalue weighted by Crippen LogP contribution is 2.27. The van der Waals surface area contributed by atoms with E-state index in [1.54, 1.807) is 34.6 Å². The molecule has 5 nitrogen and oxygen atoms in total. The number of nitrogens with zero attached hydrogens (tertiary/aromatic N) is 1. The molecule has 4 rings (SSSR count). The zero-order chi connectivity index (χ0) is 21.5. The van der Waals surface area contributed by atoms with Gasteiger partial charge < -0.3 is 14.6 Å². The van der Waals surface area contributed by atoms with Crippen LogP contribution in [-0.2, 0) is 22.6 Å². The van der Waals surface area contributed by atoms with E-state index in [0.717, 1.165) is 36.1 Å². The predicted molar refractivity (Wildman–Crippen MR) is 121 cm³/mol. The number of thiophene rings is 1. The summed E-state index contributed by atoms with van der Waals surface area (Å²) in [6, 6.07) is 16.6. The fourth-order valence-electron chi connectivity index (χ4n) is 4.17. The first kappa shape index (κ1) is 21.4. The standard InChI is InChI=1S/C25H28N2O3S/c28-23(17-21-13-8-16-31-21)27(18-19-9-3-1-4-10-19)24(22-14-7-15-30-22)25(29)26-20-11-5-2-6-12-20/h1,3-4,7-10,13-16,20,24H,2,5-6,11-12,17-18H2,(H,26,29)/t24-/m0/s1. The summed E-state index contributed by atoms with van der Waals surface area (Å²) in [5.74, 6) is 0.229. The van der Waals surface area contributed by atoms with Crippen LogP contribution < -0.4 is 5.32 Å². The molecule has 31 heavy (non-hydrogen) atoms. The molecule has 0 radical (unpaired) electrons. The number of benzene rings is 1. The van der Waals surface area contributed by atoms with Crippen LogP contribution in [0.1, 0.15) is 54.3 Å². The van der Waals surface area contributed by atoms with E-state index in [4.69, 9.17) is 4.42 Å². The molecule has 1 aliphatic rings. The number of nitrogens with one attached hydrogen (secondary N) is 1. The first-order valence-electron chi connectivity index (χ1n) is 10.9. The molecule has 0 saturated heterocycles. The van der Waals surface area contributed by atoms with E-state index < -0.39 is 6.04 Å². The monoisotopic (exact) mass is 436 g/mol. The molecule has 162 valence electrons. The van der Waals surface area contributed by atoms with Gasteiger partial charge in [-0.05, 0) is 42.0 Å². The topological polar surface area (TPSA) is 62.6 Å². The zero-order valence-corrected chi connectivity index (χ0v) is 18.4. The quantitative estimate of drug-likeness (QED) is 0.534. The summed E-state index contributed by atoms with van der Waals surface area (Å²) < 4.78 is 5.66. The van der Waals surface area contributed by atoms with Crippen LogP contribution in [0.2, 0.25) is 0 Å².